The second-order valence-electron chi connectivity index (χ2n) is 6.05. The number of rotatable bonds is 1. The highest BCUT2D eigenvalue weighted by Gasteiger charge is 2.11. The number of benzene rings is 4. The highest BCUT2D eigenvalue weighted by atomic mass is 35.5. The first-order valence-electron chi connectivity index (χ1n) is 8.11. The van der Waals surface area contributed by atoms with Crippen LogP contribution in [0.25, 0.3) is 43.7 Å². The van der Waals surface area contributed by atoms with Crippen LogP contribution in [0.4, 0.5) is 0 Å². The van der Waals surface area contributed by atoms with Crippen LogP contribution in [0.2, 0.25) is 10.6 Å². The summed E-state index contributed by atoms with van der Waals surface area (Å²) in [6.45, 7) is 0. The lowest BCUT2D eigenvalue weighted by Crippen LogP contribution is -1.94. The van der Waals surface area contributed by atoms with E-state index in [2.05, 4.69) is 75.6 Å². The summed E-state index contributed by atoms with van der Waals surface area (Å²) in [6, 6.07) is 23.1. The van der Waals surface area contributed by atoms with Crippen LogP contribution in [-0.4, -0.2) is 15.0 Å². The Kier molecular flexibility index (Phi) is 3.52. The van der Waals surface area contributed by atoms with Crippen molar-refractivity contribution >= 4 is 55.5 Å². The van der Waals surface area contributed by atoms with Crippen molar-refractivity contribution in [2.45, 2.75) is 0 Å². The van der Waals surface area contributed by atoms with Gasteiger partial charge in [0.05, 0.1) is 0 Å². The molecule has 0 N–H and O–H groups in total. The molecule has 3 nitrogen and oxygen atoms in total. The van der Waals surface area contributed by atoms with E-state index in [0.717, 1.165) is 10.9 Å². The first kappa shape index (κ1) is 15.5. The predicted molar refractivity (Wildman–Crippen MR) is 108 cm³/mol. The average Bonchev–Trinajstić information content (AvgIpc) is 2.67. The topological polar surface area (TPSA) is 38.7 Å². The van der Waals surface area contributed by atoms with Crippen molar-refractivity contribution in [3.8, 4) is 11.4 Å². The van der Waals surface area contributed by atoms with Crippen LogP contribution in [0.1, 0.15) is 0 Å². The maximum atomic E-state index is 5.94. The van der Waals surface area contributed by atoms with Gasteiger partial charge in [-0.3, -0.25) is 0 Å². The molecular formula is C21H11Cl2N3. The fraction of sp³-hybridized carbons (Fsp3) is 0. The summed E-state index contributed by atoms with van der Waals surface area (Å²) >= 11 is 11.9. The standard InChI is InChI=1S/C21H11Cl2N3/c22-20-24-19(25-21(23)26-20)12-9-10-17-15-7-2-1-5-13(15)14-6-3-4-8-16(14)18(17)11-12/h1-11H. The Bertz CT molecular complexity index is 1260. The van der Waals surface area contributed by atoms with Gasteiger partial charge in [0.2, 0.25) is 10.6 Å². The van der Waals surface area contributed by atoms with Crippen molar-refractivity contribution in [1.29, 1.82) is 0 Å². The van der Waals surface area contributed by atoms with Crippen molar-refractivity contribution < 1.29 is 0 Å². The maximum absolute atomic E-state index is 5.94. The Morgan fingerprint density at radius 3 is 1.50 bits per heavy atom. The maximum Gasteiger partial charge on any atom is 0.227 e. The molecule has 0 saturated heterocycles. The van der Waals surface area contributed by atoms with Gasteiger partial charge in [0.1, 0.15) is 0 Å². The van der Waals surface area contributed by atoms with E-state index >= 15 is 0 Å². The summed E-state index contributed by atoms with van der Waals surface area (Å²) in [4.78, 5) is 12.2. The molecule has 0 spiro atoms. The molecule has 0 atom stereocenters. The van der Waals surface area contributed by atoms with Crippen molar-refractivity contribution in [2.24, 2.45) is 0 Å². The minimum absolute atomic E-state index is 0.0865. The van der Waals surface area contributed by atoms with Crippen LogP contribution in [0.3, 0.4) is 0 Å². The molecule has 0 bridgehead atoms. The predicted octanol–water partition coefficient (Wildman–Crippen LogP) is 6.31. The number of halogens is 2. The quantitative estimate of drug-likeness (QED) is 0.322. The van der Waals surface area contributed by atoms with Crippen molar-refractivity contribution in [1.82, 2.24) is 15.0 Å². The Morgan fingerprint density at radius 1 is 0.500 bits per heavy atom. The Hall–Kier alpha value is -2.75. The van der Waals surface area contributed by atoms with Crippen molar-refractivity contribution in [3.63, 3.8) is 0 Å². The molecule has 1 aromatic heterocycles. The minimum atomic E-state index is 0.0865. The first-order valence-corrected chi connectivity index (χ1v) is 8.87. The third-order valence-corrected chi connectivity index (χ3v) is 4.92. The van der Waals surface area contributed by atoms with Gasteiger partial charge in [0.15, 0.2) is 5.82 Å². The van der Waals surface area contributed by atoms with E-state index in [0.29, 0.717) is 5.82 Å². The van der Waals surface area contributed by atoms with E-state index in [4.69, 9.17) is 23.2 Å². The Balaban J connectivity index is 1.92. The van der Waals surface area contributed by atoms with Crippen LogP contribution in [0.5, 0.6) is 0 Å². The zero-order valence-electron chi connectivity index (χ0n) is 13.4. The molecule has 0 radical (unpaired) electrons. The van der Waals surface area contributed by atoms with Gasteiger partial charge in [-0.25, -0.2) is 0 Å². The summed E-state index contributed by atoms with van der Waals surface area (Å²) in [5, 5.41) is 7.38. The van der Waals surface area contributed by atoms with Gasteiger partial charge in [-0.05, 0) is 61.6 Å². The third kappa shape index (κ3) is 2.40. The summed E-state index contributed by atoms with van der Waals surface area (Å²) in [5.74, 6) is 0.467. The van der Waals surface area contributed by atoms with Gasteiger partial charge in [-0.2, -0.15) is 15.0 Å². The minimum Gasteiger partial charge on any atom is -0.198 e. The summed E-state index contributed by atoms with van der Waals surface area (Å²) in [5.41, 5.74) is 0.851. The molecule has 0 unspecified atom stereocenters. The highest BCUT2D eigenvalue weighted by molar-refractivity contribution is 6.31. The number of aromatic nitrogens is 3. The van der Waals surface area contributed by atoms with Crippen LogP contribution >= 0.6 is 23.2 Å². The summed E-state index contributed by atoms with van der Waals surface area (Å²) < 4.78 is 0. The van der Waals surface area contributed by atoms with Gasteiger partial charge in [-0.1, -0.05) is 60.7 Å². The largest absolute Gasteiger partial charge is 0.227 e. The molecule has 4 aromatic carbocycles. The lowest BCUT2D eigenvalue weighted by atomic mass is 9.93. The Labute approximate surface area is 159 Å². The molecule has 0 aliphatic rings. The lowest BCUT2D eigenvalue weighted by Gasteiger charge is -2.11. The van der Waals surface area contributed by atoms with Crippen LogP contribution in [-0.2, 0) is 0 Å². The lowest BCUT2D eigenvalue weighted by molar-refractivity contribution is 1.06. The van der Waals surface area contributed by atoms with E-state index in [1.807, 2.05) is 6.07 Å². The van der Waals surface area contributed by atoms with E-state index in [-0.39, 0.29) is 10.6 Å². The van der Waals surface area contributed by atoms with Crippen molar-refractivity contribution in [2.75, 3.05) is 0 Å². The van der Waals surface area contributed by atoms with Crippen LogP contribution < -0.4 is 0 Å². The molecule has 5 rings (SSSR count). The molecule has 5 aromatic rings. The molecule has 5 heteroatoms. The van der Waals surface area contributed by atoms with E-state index in [9.17, 15) is 0 Å². The monoisotopic (exact) mass is 375 g/mol. The van der Waals surface area contributed by atoms with Gasteiger partial charge in [0.25, 0.3) is 0 Å². The highest BCUT2D eigenvalue weighted by Crippen LogP contribution is 2.36. The number of hydrogen-bond donors (Lipinski definition) is 0. The zero-order valence-corrected chi connectivity index (χ0v) is 15.0. The first-order chi connectivity index (χ1) is 12.7. The number of hydrogen-bond acceptors (Lipinski definition) is 3. The van der Waals surface area contributed by atoms with Crippen molar-refractivity contribution in [3.05, 3.63) is 77.3 Å². The van der Waals surface area contributed by atoms with Crippen LogP contribution in [0.15, 0.2) is 66.7 Å². The molecule has 0 amide bonds. The molecule has 1 heterocycles. The number of fused-ring (bicyclic) bond motifs is 6. The van der Waals surface area contributed by atoms with Crippen LogP contribution in [0, 0.1) is 0 Å². The molecule has 0 saturated carbocycles. The fourth-order valence-corrected chi connectivity index (χ4v) is 3.87. The average molecular weight is 376 g/mol. The molecule has 124 valence electrons. The number of nitrogens with zero attached hydrogens (tertiary/aromatic N) is 3. The normalized spacial score (nSPS) is 11.5. The second kappa shape index (κ2) is 5.90. The Morgan fingerprint density at radius 2 is 0.962 bits per heavy atom. The van der Waals surface area contributed by atoms with Gasteiger partial charge >= 0.3 is 0 Å². The molecule has 26 heavy (non-hydrogen) atoms. The smallest absolute Gasteiger partial charge is 0.198 e. The second-order valence-corrected chi connectivity index (χ2v) is 6.72. The zero-order chi connectivity index (χ0) is 17.7. The van der Waals surface area contributed by atoms with E-state index in [1.165, 1.54) is 26.9 Å². The summed E-state index contributed by atoms with van der Waals surface area (Å²) in [6.07, 6.45) is 0. The van der Waals surface area contributed by atoms with Gasteiger partial charge in [0, 0.05) is 5.56 Å². The third-order valence-electron chi connectivity index (χ3n) is 4.58. The molecule has 0 fully saturated rings. The van der Waals surface area contributed by atoms with Gasteiger partial charge < -0.3 is 0 Å². The van der Waals surface area contributed by atoms with E-state index in [1.54, 1.807) is 0 Å². The van der Waals surface area contributed by atoms with E-state index < -0.39 is 0 Å². The SMILES string of the molecule is Clc1nc(Cl)nc(-c2ccc3c4ccccc4c4ccccc4c3c2)n1. The summed E-state index contributed by atoms with van der Waals surface area (Å²) in [7, 11) is 0. The molecule has 0 aliphatic heterocycles. The van der Waals surface area contributed by atoms with Gasteiger partial charge in [-0.15, -0.1) is 0 Å². The fourth-order valence-electron chi connectivity index (χ4n) is 3.50. The molecule has 0 aliphatic carbocycles. The molecular weight excluding hydrogens is 365 g/mol.